The Hall–Kier alpha value is -1.24. The van der Waals surface area contributed by atoms with Crippen LogP contribution in [-0.4, -0.2) is 58.9 Å². The first kappa shape index (κ1) is 14.8. The predicted molar refractivity (Wildman–Crippen MR) is 68.4 cm³/mol. The number of aliphatic carboxylic acids is 1. The van der Waals surface area contributed by atoms with Crippen LogP contribution in [0.15, 0.2) is 0 Å². The first-order valence-corrected chi connectivity index (χ1v) is 7.02. The second-order valence-corrected chi connectivity index (χ2v) is 5.09. The fourth-order valence-electron chi connectivity index (χ4n) is 1.98. The Morgan fingerprint density at radius 1 is 1.33 bits per heavy atom. The molecule has 0 saturated carbocycles. The normalized spacial score (nSPS) is 19.4. The van der Waals surface area contributed by atoms with E-state index in [4.69, 9.17) is 5.11 Å². The van der Waals surface area contributed by atoms with Gasteiger partial charge < -0.3 is 15.3 Å². The molecule has 1 atom stereocenters. The van der Waals surface area contributed by atoms with Crippen LogP contribution < -0.4 is 5.32 Å². The number of carboxylic acid groups (broad SMARTS) is 1. The van der Waals surface area contributed by atoms with Crippen molar-refractivity contribution < 1.29 is 19.5 Å². The highest BCUT2D eigenvalue weighted by Crippen LogP contribution is 2.18. The lowest BCUT2D eigenvalue weighted by molar-refractivity contribution is -0.140. The van der Waals surface area contributed by atoms with E-state index in [0.717, 1.165) is 24.6 Å². The second-order valence-electron chi connectivity index (χ2n) is 4.10. The molecular weight excluding hydrogens is 256 g/mol. The van der Waals surface area contributed by atoms with E-state index < -0.39 is 12.0 Å². The highest BCUT2D eigenvalue weighted by Gasteiger charge is 2.31. The van der Waals surface area contributed by atoms with Gasteiger partial charge in [-0.15, -0.1) is 11.8 Å². The number of nitrogens with zero attached hydrogens (tertiary/aromatic N) is 1. The van der Waals surface area contributed by atoms with Crippen molar-refractivity contribution in [3.8, 4) is 0 Å². The number of amides is 2. The lowest BCUT2D eigenvalue weighted by atomic mass is 10.0. The Kier molecular flexibility index (Phi) is 5.97. The number of likely N-dealkylation sites (tertiary alicyclic amines) is 1. The molecule has 2 amide bonds. The lowest BCUT2D eigenvalue weighted by Crippen LogP contribution is -2.51. The van der Waals surface area contributed by atoms with Gasteiger partial charge in [0, 0.05) is 13.6 Å². The molecule has 1 heterocycles. The monoisotopic (exact) mass is 274 g/mol. The number of rotatable bonds is 5. The molecule has 0 spiro atoms. The van der Waals surface area contributed by atoms with Gasteiger partial charge in [0.2, 0.25) is 11.8 Å². The molecule has 0 bridgehead atoms. The number of hydrogen-bond donors (Lipinski definition) is 2. The average Bonchev–Trinajstić information content (AvgIpc) is 2.37. The van der Waals surface area contributed by atoms with Crippen LogP contribution in [0.25, 0.3) is 0 Å². The van der Waals surface area contributed by atoms with Crippen LogP contribution in [0.3, 0.4) is 0 Å². The van der Waals surface area contributed by atoms with E-state index in [1.165, 1.54) is 0 Å². The maximum absolute atomic E-state index is 11.9. The molecule has 7 heteroatoms. The number of thioether (sulfide) groups is 1. The molecule has 0 aromatic carbocycles. The third kappa shape index (κ3) is 4.21. The Morgan fingerprint density at radius 3 is 2.67 bits per heavy atom. The van der Waals surface area contributed by atoms with Gasteiger partial charge in [0.05, 0.1) is 11.5 Å². The number of nitrogens with one attached hydrogen (secondary N) is 1. The number of hydrogen-bond acceptors (Lipinski definition) is 4. The van der Waals surface area contributed by atoms with Crippen molar-refractivity contribution >= 4 is 29.5 Å². The molecule has 1 aliphatic rings. The van der Waals surface area contributed by atoms with Crippen LogP contribution in [0.2, 0.25) is 0 Å². The van der Waals surface area contributed by atoms with Crippen molar-refractivity contribution in [1.82, 2.24) is 10.2 Å². The molecule has 0 aliphatic carbocycles. The summed E-state index contributed by atoms with van der Waals surface area (Å²) >= 11 is 1.06. The van der Waals surface area contributed by atoms with E-state index in [1.54, 1.807) is 11.9 Å². The zero-order valence-corrected chi connectivity index (χ0v) is 11.2. The van der Waals surface area contributed by atoms with Gasteiger partial charge in [-0.25, -0.2) is 0 Å². The topological polar surface area (TPSA) is 86.7 Å². The molecule has 1 saturated heterocycles. The molecule has 0 aromatic heterocycles. The van der Waals surface area contributed by atoms with Gasteiger partial charge in [-0.1, -0.05) is 0 Å². The molecule has 102 valence electrons. The van der Waals surface area contributed by atoms with Crippen molar-refractivity contribution in [2.75, 3.05) is 25.1 Å². The van der Waals surface area contributed by atoms with Gasteiger partial charge in [-0.05, 0) is 19.3 Å². The molecule has 0 aromatic rings. The zero-order chi connectivity index (χ0) is 13.5. The number of carbonyl (C=O) groups is 3. The van der Waals surface area contributed by atoms with Gasteiger partial charge in [-0.3, -0.25) is 14.4 Å². The largest absolute Gasteiger partial charge is 0.481 e. The number of carboxylic acids is 1. The Labute approximate surface area is 110 Å². The molecule has 6 nitrogen and oxygen atoms in total. The Morgan fingerprint density at radius 2 is 2.06 bits per heavy atom. The summed E-state index contributed by atoms with van der Waals surface area (Å²) in [5.41, 5.74) is 0. The lowest BCUT2D eigenvalue weighted by Gasteiger charge is -2.34. The molecule has 2 N–H and O–H groups in total. The van der Waals surface area contributed by atoms with Crippen LogP contribution in [0.5, 0.6) is 0 Å². The van der Waals surface area contributed by atoms with E-state index in [2.05, 4.69) is 5.32 Å². The molecule has 18 heavy (non-hydrogen) atoms. The van der Waals surface area contributed by atoms with E-state index in [9.17, 15) is 14.4 Å². The van der Waals surface area contributed by atoms with E-state index in [0.29, 0.717) is 13.0 Å². The highest BCUT2D eigenvalue weighted by molar-refractivity contribution is 8.00. The second kappa shape index (κ2) is 7.25. The average molecular weight is 274 g/mol. The first-order valence-electron chi connectivity index (χ1n) is 5.87. The molecule has 1 unspecified atom stereocenters. The predicted octanol–water partition coefficient (Wildman–Crippen LogP) is -0.0687. The number of carbonyl (C=O) groups excluding carboxylic acids is 2. The minimum atomic E-state index is -0.936. The molecule has 0 radical (unpaired) electrons. The van der Waals surface area contributed by atoms with E-state index in [1.807, 2.05) is 0 Å². The van der Waals surface area contributed by atoms with Crippen LogP contribution in [0.1, 0.15) is 19.3 Å². The summed E-state index contributed by atoms with van der Waals surface area (Å²) < 4.78 is 0. The molecule has 1 aliphatic heterocycles. The van der Waals surface area contributed by atoms with Gasteiger partial charge in [0.15, 0.2) is 0 Å². The third-order valence-corrected chi connectivity index (χ3v) is 3.73. The van der Waals surface area contributed by atoms with Gasteiger partial charge in [0.1, 0.15) is 6.04 Å². The van der Waals surface area contributed by atoms with Crippen LogP contribution in [0.4, 0.5) is 0 Å². The van der Waals surface area contributed by atoms with Crippen LogP contribution in [-0.2, 0) is 14.4 Å². The molecule has 1 rings (SSSR count). The number of piperidine rings is 1. The van der Waals surface area contributed by atoms with Crippen LogP contribution in [0, 0.1) is 0 Å². The Balaban J connectivity index is 2.52. The minimum Gasteiger partial charge on any atom is -0.481 e. The Bertz CT molecular complexity index is 335. The molecular formula is C11H18N2O4S. The van der Waals surface area contributed by atoms with Crippen molar-refractivity contribution in [2.45, 2.75) is 25.3 Å². The summed E-state index contributed by atoms with van der Waals surface area (Å²) in [7, 11) is 1.55. The first-order chi connectivity index (χ1) is 8.56. The maximum Gasteiger partial charge on any atom is 0.313 e. The summed E-state index contributed by atoms with van der Waals surface area (Å²) in [6.07, 6.45) is 2.50. The highest BCUT2D eigenvalue weighted by atomic mass is 32.2. The number of likely N-dealkylation sites (N-methyl/N-ethyl adjacent to an activating group) is 1. The fraction of sp³-hybridized carbons (Fsp3) is 0.727. The van der Waals surface area contributed by atoms with Crippen molar-refractivity contribution in [1.29, 1.82) is 0 Å². The third-order valence-electron chi connectivity index (χ3n) is 2.82. The summed E-state index contributed by atoms with van der Waals surface area (Å²) in [5.74, 6) is -1.22. The minimum absolute atomic E-state index is 0.0930. The maximum atomic E-state index is 11.9. The SMILES string of the molecule is CNC(=O)C1CCCCN1C(=O)CSCC(=O)O. The van der Waals surface area contributed by atoms with Gasteiger partial charge in [-0.2, -0.15) is 0 Å². The molecule has 1 fully saturated rings. The summed E-state index contributed by atoms with van der Waals surface area (Å²) in [4.78, 5) is 35.5. The van der Waals surface area contributed by atoms with Gasteiger partial charge in [0.25, 0.3) is 0 Å². The quantitative estimate of drug-likeness (QED) is 0.733. The van der Waals surface area contributed by atoms with Crippen LogP contribution >= 0.6 is 11.8 Å². The van der Waals surface area contributed by atoms with Crippen molar-refractivity contribution in [3.05, 3.63) is 0 Å². The standard InChI is InChI=1S/C11H18N2O4S/c1-12-11(17)8-4-2-3-5-13(8)9(14)6-18-7-10(15)16/h8H,2-7H2,1H3,(H,12,17)(H,15,16). The zero-order valence-electron chi connectivity index (χ0n) is 10.3. The van der Waals surface area contributed by atoms with E-state index >= 15 is 0 Å². The van der Waals surface area contributed by atoms with Gasteiger partial charge >= 0.3 is 5.97 Å². The van der Waals surface area contributed by atoms with Crippen molar-refractivity contribution in [2.24, 2.45) is 0 Å². The summed E-state index contributed by atoms with van der Waals surface area (Å²) in [6, 6.07) is -0.401. The smallest absolute Gasteiger partial charge is 0.313 e. The van der Waals surface area contributed by atoms with Crippen molar-refractivity contribution in [3.63, 3.8) is 0 Å². The summed E-state index contributed by atoms with van der Waals surface area (Å²) in [5, 5.41) is 11.1. The fourth-order valence-corrected chi connectivity index (χ4v) is 2.59. The summed E-state index contributed by atoms with van der Waals surface area (Å²) in [6.45, 7) is 0.574. The van der Waals surface area contributed by atoms with E-state index in [-0.39, 0.29) is 23.3 Å².